The number of carbonyl (C=O) groups is 2. The van der Waals surface area contributed by atoms with Crippen LogP contribution >= 0.6 is 0 Å². The topological polar surface area (TPSA) is 70.8 Å². The first kappa shape index (κ1) is 14.1. The smallest absolute Gasteiger partial charge is 0.335 e. The Labute approximate surface area is 127 Å². The number of allylic oxidation sites excluding steroid dienone is 1. The molecule has 1 atom stereocenters. The van der Waals surface area contributed by atoms with Crippen molar-refractivity contribution in [2.75, 3.05) is 4.90 Å². The molecule has 0 radical (unpaired) electrons. The molecule has 3 rings (SSSR count). The lowest BCUT2D eigenvalue weighted by Gasteiger charge is -2.32. The van der Waals surface area contributed by atoms with Crippen LogP contribution in [-0.4, -0.2) is 22.9 Å². The monoisotopic (exact) mass is 297 g/mol. The van der Waals surface area contributed by atoms with Crippen LogP contribution in [0.25, 0.3) is 0 Å². The largest absolute Gasteiger partial charge is 0.478 e. The average molecular weight is 297 g/mol. The molecular formula is C17H15NO4. The van der Waals surface area contributed by atoms with Crippen LogP contribution in [-0.2, 0) is 11.2 Å². The Balaban J connectivity index is 1.86. The van der Waals surface area contributed by atoms with Crippen LogP contribution in [0, 0.1) is 0 Å². The third kappa shape index (κ3) is 2.93. The number of hydrogen-bond acceptors (Lipinski definition) is 4. The van der Waals surface area contributed by atoms with Gasteiger partial charge in [0.2, 0.25) is 0 Å². The Hall–Kier alpha value is -2.82. The number of furan rings is 1. The molecular weight excluding hydrogens is 282 g/mol. The Morgan fingerprint density at radius 2 is 2.05 bits per heavy atom. The summed E-state index contributed by atoms with van der Waals surface area (Å²) in [5, 5.41) is 8.96. The number of ketones is 1. The highest BCUT2D eigenvalue weighted by Crippen LogP contribution is 2.25. The van der Waals surface area contributed by atoms with E-state index in [-0.39, 0.29) is 17.4 Å². The van der Waals surface area contributed by atoms with E-state index in [1.165, 1.54) is 0 Å². The van der Waals surface area contributed by atoms with Gasteiger partial charge in [-0.2, -0.15) is 0 Å². The van der Waals surface area contributed by atoms with Crippen LogP contribution in [0.15, 0.2) is 59.4 Å². The summed E-state index contributed by atoms with van der Waals surface area (Å²) in [5.74, 6) is -0.0572. The molecule has 0 spiro atoms. The highest BCUT2D eigenvalue weighted by Gasteiger charge is 2.25. The lowest BCUT2D eigenvalue weighted by Crippen LogP contribution is -2.37. The van der Waals surface area contributed by atoms with Gasteiger partial charge in [0.25, 0.3) is 0 Å². The quantitative estimate of drug-likeness (QED) is 0.939. The van der Waals surface area contributed by atoms with E-state index in [9.17, 15) is 9.59 Å². The highest BCUT2D eigenvalue weighted by atomic mass is 16.4. The maximum Gasteiger partial charge on any atom is 0.335 e. The molecule has 0 fully saturated rings. The number of rotatable bonds is 4. The van der Waals surface area contributed by atoms with E-state index in [4.69, 9.17) is 9.52 Å². The predicted molar refractivity (Wildman–Crippen MR) is 80.8 cm³/mol. The van der Waals surface area contributed by atoms with Crippen molar-refractivity contribution in [2.45, 2.75) is 18.9 Å². The van der Waals surface area contributed by atoms with E-state index in [0.717, 1.165) is 11.4 Å². The molecule has 5 nitrogen and oxygen atoms in total. The molecule has 0 saturated carbocycles. The van der Waals surface area contributed by atoms with E-state index < -0.39 is 5.97 Å². The molecule has 1 aliphatic heterocycles. The third-order valence-corrected chi connectivity index (χ3v) is 3.68. The molecule has 1 unspecified atom stereocenters. The molecule has 1 aromatic heterocycles. The lowest BCUT2D eigenvalue weighted by atomic mass is 10.00. The lowest BCUT2D eigenvalue weighted by molar-refractivity contribution is -0.115. The summed E-state index contributed by atoms with van der Waals surface area (Å²) < 4.78 is 5.37. The van der Waals surface area contributed by atoms with Gasteiger partial charge in [-0.1, -0.05) is 0 Å². The molecule has 112 valence electrons. The first-order valence-electron chi connectivity index (χ1n) is 6.98. The summed E-state index contributed by atoms with van der Waals surface area (Å²) in [6, 6.07) is 10.3. The van der Waals surface area contributed by atoms with Crippen molar-refractivity contribution in [3.05, 3.63) is 66.3 Å². The minimum atomic E-state index is -0.956. The van der Waals surface area contributed by atoms with Crippen molar-refractivity contribution >= 4 is 17.4 Å². The van der Waals surface area contributed by atoms with Crippen molar-refractivity contribution in [2.24, 2.45) is 0 Å². The number of nitrogens with zero attached hydrogens (tertiary/aromatic N) is 1. The molecule has 2 aromatic rings. The molecule has 1 aromatic carbocycles. The zero-order valence-electron chi connectivity index (χ0n) is 11.8. The third-order valence-electron chi connectivity index (χ3n) is 3.68. The SMILES string of the molecule is O=C1C=CN(c2ccc(C(=O)O)cc2)C(Cc2ccco2)C1. The van der Waals surface area contributed by atoms with Gasteiger partial charge in [0.1, 0.15) is 5.76 Å². The van der Waals surface area contributed by atoms with Crippen molar-refractivity contribution in [1.82, 2.24) is 0 Å². The van der Waals surface area contributed by atoms with Crippen LogP contribution in [0.1, 0.15) is 22.5 Å². The fourth-order valence-corrected chi connectivity index (χ4v) is 2.59. The Kier molecular flexibility index (Phi) is 3.78. The Morgan fingerprint density at radius 1 is 1.27 bits per heavy atom. The summed E-state index contributed by atoms with van der Waals surface area (Å²) in [4.78, 5) is 24.6. The average Bonchev–Trinajstić information content (AvgIpc) is 3.00. The number of aromatic carboxylic acids is 1. The van der Waals surface area contributed by atoms with Crippen molar-refractivity contribution in [3.63, 3.8) is 0 Å². The maximum absolute atomic E-state index is 11.7. The second kappa shape index (κ2) is 5.89. The second-order valence-electron chi connectivity index (χ2n) is 5.18. The van der Waals surface area contributed by atoms with Gasteiger partial charge in [0.05, 0.1) is 11.8 Å². The molecule has 0 amide bonds. The summed E-state index contributed by atoms with van der Waals surface area (Å²) in [6.07, 6.45) is 5.92. The number of carbonyl (C=O) groups excluding carboxylic acids is 1. The Morgan fingerprint density at radius 3 is 2.68 bits per heavy atom. The first-order valence-corrected chi connectivity index (χ1v) is 6.98. The minimum absolute atomic E-state index is 0.0423. The van der Waals surface area contributed by atoms with Gasteiger partial charge in [-0.05, 0) is 42.5 Å². The fraction of sp³-hybridized carbons (Fsp3) is 0.176. The molecule has 1 N–H and O–H groups in total. The Bertz CT molecular complexity index is 701. The van der Waals surface area contributed by atoms with Gasteiger partial charge >= 0.3 is 5.97 Å². The summed E-state index contributed by atoms with van der Waals surface area (Å²) >= 11 is 0. The first-order chi connectivity index (χ1) is 10.6. The van der Waals surface area contributed by atoms with Gasteiger partial charge < -0.3 is 14.4 Å². The number of carboxylic acids is 1. The van der Waals surface area contributed by atoms with E-state index >= 15 is 0 Å². The molecule has 2 heterocycles. The summed E-state index contributed by atoms with van der Waals surface area (Å²) in [6.45, 7) is 0. The van der Waals surface area contributed by atoms with Gasteiger partial charge in [-0.25, -0.2) is 4.79 Å². The van der Waals surface area contributed by atoms with Crippen molar-refractivity contribution < 1.29 is 19.1 Å². The second-order valence-corrected chi connectivity index (χ2v) is 5.18. The molecule has 1 aliphatic rings. The van der Waals surface area contributed by atoms with Crippen molar-refractivity contribution in [3.8, 4) is 0 Å². The number of benzene rings is 1. The minimum Gasteiger partial charge on any atom is -0.478 e. The number of hydrogen-bond donors (Lipinski definition) is 1. The molecule has 0 aliphatic carbocycles. The molecule has 0 saturated heterocycles. The highest BCUT2D eigenvalue weighted by molar-refractivity contribution is 5.92. The zero-order chi connectivity index (χ0) is 15.5. The zero-order valence-corrected chi connectivity index (χ0v) is 11.8. The van der Waals surface area contributed by atoms with Crippen molar-refractivity contribution in [1.29, 1.82) is 0 Å². The molecule has 22 heavy (non-hydrogen) atoms. The van der Waals surface area contributed by atoms with Gasteiger partial charge in [0.15, 0.2) is 5.78 Å². The van der Waals surface area contributed by atoms with Gasteiger partial charge in [-0.3, -0.25) is 4.79 Å². The maximum atomic E-state index is 11.7. The van der Waals surface area contributed by atoms with Crippen LogP contribution in [0.5, 0.6) is 0 Å². The van der Waals surface area contributed by atoms with Crippen LogP contribution < -0.4 is 4.90 Å². The summed E-state index contributed by atoms with van der Waals surface area (Å²) in [7, 11) is 0. The van der Waals surface area contributed by atoms with E-state index in [1.807, 2.05) is 17.0 Å². The van der Waals surface area contributed by atoms with Gasteiger partial charge in [-0.15, -0.1) is 0 Å². The standard InChI is InChI=1S/C17H15NO4/c19-15-7-8-18(13-5-3-12(4-6-13)17(20)21)14(10-15)11-16-2-1-9-22-16/h1-9,14H,10-11H2,(H,20,21). The van der Waals surface area contributed by atoms with Crippen LogP contribution in [0.3, 0.4) is 0 Å². The van der Waals surface area contributed by atoms with Crippen LogP contribution in [0.2, 0.25) is 0 Å². The summed E-state index contributed by atoms with van der Waals surface area (Å²) in [5.41, 5.74) is 1.09. The van der Waals surface area contributed by atoms with Crippen LogP contribution in [0.4, 0.5) is 5.69 Å². The molecule has 5 heteroatoms. The number of carboxylic acid groups (broad SMARTS) is 1. The van der Waals surface area contributed by atoms with Gasteiger partial charge in [0, 0.05) is 30.8 Å². The number of anilines is 1. The fourth-order valence-electron chi connectivity index (χ4n) is 2.59. The predicted octanol–water partition coefficient (Wildman–Crippen LogP) is 2.88. The van der Waals surface area contributed by atoms with E-state index in [0.29, 0.717) is 12.8 Å². The van der Waals surface area contributed by atoms with E-state index in [1.54, 1.807) is 42.8 Å². The molecule has 0 bridgehead atoms. The normalized spacial score (nSPS) is 17.7. The van der Waals surface area contributed by atoms with E-state index in [2.05, 4.69) is 0 Å².